The number of hydrogen-bond donors (Lipinski definition) is 2. The van der Waals surface area contributed by atoms with Gasteiger partial charge in [0.2, 0.25) is 0 Å². The number of hydrogen-bond acceptors (Lipinski definition) is 4. The summed E-state index contributed by atoms with van der Waals surface area (Å²) in [5, 5.41) is 9.61. The van der Waals surface area contributed by atoms with Crippen LogP contribution in [0.25, 0.3) is 0 Å². The third kappa shape index (κ3) is 3.17. The first-order valence-corrected chi connectivity index (χ1v) is 6.61. The van der Waals surface area contributed by atoms with E-state index in [-0.39, 0.29) is 5.91 Å². The van der Waals surface area contributed by atoms with Crippen molar-refractivity contribution in [1.82, 2.24) is 4.90 Å². The Labute approximate surface area is 113 Å². The van der Waals surface area contributed by atoms with E-state index in [1.54, 1.807) is 23.1 Å². The average molecular weight is 264 g/mol. The number of likely N-dealkylation sites (tertiary alicyclic amines) is 1. The van der Waals surface area contributed by atoms with Gasteiger partial charge in [-0.25, -0.2) is 0 Å². The predicted octanol–water partition coefficient (Wildman–Crippen LogP) is 1.26. The quantitative estimate of drug-likeness (QED) is 0.806. The van der Waals surface area contributed by atoms with Crippen molar-refractivity contribution in [1.29, 1.82) is 0 Å². The largest absolute Gasteiger partial charge is 0.492 e. The van der Waals surface area contributed by atoms with Gasteiger partial charge in [0.05, 0.1) is 18.4 Å². The van der Waals surface area contributed by atoms with E-state index in [1.165, 1.54) is 0 Å². The minimum Gasteiger partial charge on any atom is -0.492 e. The molecule has 1 amide bonds. The Bertz CT molecular complexity index is 462. The molecule has 1 fully saturated rings. The fraction of sp³-hybridized carbons (Fsp3) is 0.500. The van der Waals surface area contributed by atoms with Crippen LogP contribution < -0.4 is 10.5 Å². The van der Waals surface area contributed by atoms with Crippen molar-refractivity contribution < 1.29 is 14.6 Å². The van der Waals surface area contributed by atoms with Crippen LogP contribution in [0.5, 0.6) is 5.75 Å². The van der Waals surface area contributed by atoms with Crippen molar-refractivity contribution in [2.75, 3.05) is 25.4 Å². The lowest BCUT2D eigenvalue weighted by molar-refractivity contribution is 0.0474. The number of nitrogens with zero attached hydrogens (tertiary/aromatic N) is 1. The molecule has 104 valence electrons. The lowest BCUT2D eigenvalue weighted by Crippen LogP contribution is -2.42. The molecule has 0 saturated carbocycles. The van der Waals surface area contributed by atoms with Crippen molar-refractivity contribution in [3.8, 4) is 5.75 Å². The van der Waals surface area contributed by atoms with Gasteiger partial charge in [-0.2, -0.15) is 0 Å². The van der Waals surface area contributed by atoms with Gasteiger partial charge in [0, 0.05) is 18.7 Å². The summed E-state index contributed by atoms with van der Waals surface area (Å²) in [5.74, 6) is 0.506. The minimum atomic E-state index is -0.419. The van der Waals surface area contributed by atoms with Gasteiger partial charge in [0.1, 0.15) is 5.75 Å². The molecule has 0 bridgehead atoms. The molecule has 1 saturated heterocycles. The number of rotatable bonds is 3. The van der Waals surface area contributed by atoms with Gasteiger partial charge in [-0.05, 0) is 38.0 Å². The summed E-state index contributed by atoms with van der Waals surface area (Å²) in [5.41, 5.74) is 6.86. The summed E-state index contributed by atoms with van der Waals surface area (Å²) in [7, 11) is 0. The van der Waals surface area contributed by atoms with Crippen LogP contribution >= 0.6 is 0 Å². The molecule has 5 heteroatoms. The summed E-state index contributed by atoms with van der Waals surface area (Å²) in [4.78, 5) is 14.0. The van der Waals surface area contributed by atoms with Gasteiger partial charge >= 0.3 is 0 Å². The summed E-state index contributed by atoms with van der Waals surface area (Å²) in [6.45, 7) is 3.50. The second-order valence-corrected chi connectivity index (χ2v) is 4.73. The lowest BCUT2D eigenvalue weighted by atomic mass is 10.1. The maximum Gasteiger partial charge on any atom is 0.254 e. The van der Waals surface area contributed by atoms with E-state index in [4.69, 9.17) is 10.5 Å². The van der Waals surface area contributed by atoms with Crippen molar-refractivity contribution in [3.63, 3.8) is 0 Å². The van der Waals surface area contributed by atoms with Crippen LogP contribution in [0.3, 0.4) is 0 Å². The Balaban J connectivity index is 2.12. The molecule has 1 aliphatic rings. The second-order valence-electron chi connectivity index (χ2n) is 4.73. The number of nitrogen functional groups attached to an aromatic ring is 1. The summed E-state index contributed by atoms with van der Waals surface area (Å²) < 4.78 is 5.34. The highest BCUT2D eigenvalue weighted by Gasteiger charge is 2.23. The number of ether oxygens (including phenoxy) is 1. The van der Waals surface area contributed by atoms with Gasteiger partial charge in [-0.3, -0.25) is 4.79 Å². The van der Waals surface area contributed by atoms with Crippen LogP contribution in [-0.2, 0) is 0 Å². The Kier molecular flexibility index (Phi) is 4.27. The first-order chi connectivity index (χ1) is 9.11. The summed E-state index contributed by atoms with van der Waals surface area (Å²) in [6.07, 6.45) is 1.17. The molecular formula is C14H20N2O3. The molecule has 1 heterocycles. The number of β-amino-alcohol motifs (C(OH)–C–C–N with tert-alkyl or cyclic N) is 1. The van der Waals surface area contributed by atoms with Crippen molar-refractivity contribution in [2.45, 2.75) is 25.9 Å². The minimum absolute atomic E-state index is 0.0894. The van der Waals surface area contributed by atoms with Crippen LogP contribution in [0, 0.1) is 0 Å². The molecule has 19 heavy (non-hydrogen) atoms. The molecule has 1 aromatic carbocycles. The molecule has 0 aromatic heterocycles. The lowest BCUT2D eigenvalue weighted by Gasteiger charge is -2.30. The molecule has 0 unspecified atom stereocenters. The number of anilines is 1. The van der Waals surface area contributed by atoms with Crippen LogP contribution in [0.15, 0.2) is 18.2 Å². The Morgan fingerprint density at radius 2 is 2.37 bits per heavy atom. The molecular weight excluding hydrogens is 244 g/mol. The third-order valence-corrected chi connectivity index (χ3v) is 3.24. The molecule has 0 spiro atoms. The van der Waals surface area contributed by atoms with Crippen molar-refractivity contribution in [2.24, 2.45) is 0 Å². The van der Waals surface area contributed by atoms with Gasteiger partial charge in [0.15, 0.2) is 0 Å². The zero-order chi connectivity index (χ0) is 13.8. The van der Waals surface area contributed by atoms with E-state index in [1.807, 2.05) is 6.92 Å². The number of benzene rings is 1. The zero-order valence-electron chi connectivity index (χ0n) is 11.1. The standard InChI is InChI=1S/C14H20N2O3/c1-2-19-13-6-5-10(8-12(13)15)14(18)16-7-3-4-11(17)9-16/h5-6,8,11,17H,2-4,7,9,15H2,1H3/t11-/m0/s1. The normalized spacial score (nSPS) is 19.3. The zero-order valence-corrected chi connectivity index (χ0v) is 11.1. The number of carbonyl (C=O) groups excluding carboxylic acids is 1. The van der Waals surface area contributed by atoms with Crippen LogP contribution in [0.1, 0.15) is 30.1 Å². The van der Waals surface area contributed by atoms with Crippen molar-refractivity contribution >= 4 is 11.6 Å². The monoisotopic (exact) mass is 264 g/mol. The smallest absolute Gasteiger partial charge is 0.254 e. The molecule has 2 rings (SSSR count). The molecule has 1 aromatic rings. The highest BCUT2D eigenvalue weighted by Crippen LogP contribution is 2.24. The predicted molar refractivity (Wildman–Crippen MR) is 73.2 cm³/mol. The number of carbonyl (C=O) groups is 1. The average Bonchev–Trinajstić information content (AvgIpc) is 2.40. The van der Waals surface area contributed by atoms with E-state index in [0.29, 0.717) is 36.7 Å². The maximum atomic E-state index is 12.3. The Morgan fingerprint density at radius 1 is 1.58 bits per heavy atom. The maximum absolute atomic E-state index is 12.3. The summed E-state index contributed by atoms with van der Waals surface area (Å²) in [6, 6.07) is 5.06. The highest BCUT2D eigenvalue weighted by molar-refractivity contribution is 5.95. The first-order valence-electron chi connectivity index (χ1n) is 6.61. The van der Waals surface area contributed by atoms with E-state index in [0.717, 1.165) is 12.8 Å². The molecule has 5 nitrogen and oxygen atoms in total. The summed E-state index contributed by atoms with van der Waals surface area (Å²) >= 11 is 0. The van der Waals surface area contributed by atoms with E-state index in [2.05, 4.69) is 0 Å². The number of aliphatic hydroxyl groups is 1. The van der Waals surface area contributed by atoms with Crippen LogP contribution in [0.2, 0.25) is 0 Å². The number of amides is 1. The number of nitrogens with two attached hydrogens (primary N) is 1. The van der Waals surface area contributed by atoms with Gasteiger partial charge < -0.3 is 20.5 Å². The number of aliphatic hydroxyl groups excluding tert-OH is 1. The number of piperidine rings is 1. The Morgan fingerprint density at radius 3 is 3.00 bits per heavy atom. The van der Waals surface area contributed by atoms with E-state index in [9.17, 15) is 9.90 Å². The van der Waals surface area contributed by atoms with Gasteiger partial charge in [-0.1, -0.05) is 0 Å². The van der Waals surface area contributed by atoms with E-state index >= 15 is 0 Å². The Hall–Kier alpha value is -1.75. The highest BCUT2D eigenvalue weighted by atomic mass is 16.5. The molecule has 1 aliphatic heterocycles. The second kappa shape index (κ2) is 5.93. The van der Waals surface area contributed by atoms with E-state index < -0.39 is 6.10 Å². The van der Waals surface area contributed by atoms with Crippen LogP contribution in [-0.4, -0.2) is 41.7 Å². The fourth-order valence-corrected chi connectivity index (χ4v) is 2.29. The molecule has 3 N–H and O–H groups in total. The third-order valence-electron chi connectivity index (χ3n) is 3.24. The first kappa shape index (κ1) is 13.7. The molecule has 0 aliphatic carbocycles. The SMILES string of the molecule is CCOc1ccc(C(=O)N2CCC[C@H](O)C2)cc1N. The molecule has 0 radical (unpaired) electrons. The van der Waals surface area contributed by atoms with Gasteiger partial charge in [-0.15, -0.1) is 0 Å². The van der Waals surface area contributed by atoms with Crippen molar-refractivity contribution in [3.05, 3.63) is 23.8 Å². The van der Waals surface area contributed by atoms with Gasteiger partial charge in [0.25, 0.3) is 5.91 Å². The fourth-order valence-electron chi connectivity index (χ4n) is 2.29. The molecule has 1 atom stereocenters. The topological polar surface area (TPSA) is 75.8 Å². The van der Waals surface area contributed by atoms with Crippen LogP contribution in [0.4, 0.5) is 5.69 Å².